The van der Waals surface area contributed by atoms with Crippen LogP contribution in [-0.2, 0) is 4.79 Å². The molecule has 1 aromatic carbocycles. The summed E-state index contributed by atoms with van der Waals surface area (Å²) in [5, 5.41) is 11.4. The van der Waals surface area contributed by atoms with E-state index in [1.54, 1.807) is 19.1 Å². The molecule has 0 radical (unpaired) electrons. The second kappa shape index (κ2) is 8.39. The monoisotopic (exact) mass is 295 g/mol. The summed E-state index contributed by atoms with van der Waals surface area (Å²) in [5.74, 6) is -1.22. The van der Waals surface area contributed by atoms with Gasteiger partial charge in [0.2, 0.25) is 0 Å². The van der Waals surface area contributed by atoms with Gasteiger partial charge in [0.15, 0.2) is 0 Å². The first-order valence-electron chi connectivity index (χ1n) is 7.20. The van der Waals surface area contributed by atoms with E-state index in [0.29, 0.717) is 24.1 Å². The van der Waals surface area contributed by atoms with E-state index >= 15 is 0 Å². The van der Waals surface area contributed by atoms with Gasteiger partial charge in [-0.3, -0.25) is 9.59 Å². The fourth-order valence-corrected chi connectivity index (χ4v) is 2.11. The molecule has 0 aliphatic carbocycles. The number of rotatable bonds is 8. The van der Waals surface area contributed by atoms with E-state index in [2.05, 4.69) is 5.32 Å². The Morgan fingerprint density at radius 3 is 2.62 bits per heavy atom. The highest BCUT2D eigenvalue weighted by Crippen LogP contribution is 2.15. The van der Waals surface area contributed by atoms with Crippen LogP contribution in [0.15, 0.2) is 18.2 Å². The van der Waals surface area contributed by atoms with Gasteiger partial charge in [-0.15, -0.1) is 0 Å². The SMILES string of the molecule is CCC(CCNC(=O)c1ccc(C)c(F)c1)CCC(=O)O. The minimum atomic E-state index is -0.799. The van der Waals surface area contributed by atoms with Gasteiger partial charge >= 0.3 is 5.97 Å². The minimum absolute atomic E-state index is 0.148. The van der Waals surface area contributed by atoms with E-state index in [1.165, 1.54) is 6.07 Å². The number of carboxylic acid groups (broad SMARTS) is 1. The van der Waals surface area contributed by atoms with Crippen LogP contribution >= 0.6 is 0 Å². The van der Waals surface area contributed by atoms with Crippen LogP contribution in [-0.4, -0.2) is 23.5 Å². The van der Waals surface area contributed by atoms with E-state index in [9.17, 15) is 14.0 Å². The van der Waals surface area contributed by atoms with Gasteiger partial charge in [0.1, 0.15) is 5.82 Å². The van der Waals surface area contributed by atoms with Gasteiger partial charge in [0, 0.05) is 18.5 Å². The molecule has 0 spiro atoms. The molecule has 5 heteroatoms. The molecule has 0 aromatic heterocycles. The second-order valence-corrected chi connectivity index (χ2v) is 5.22. The van der Waals surface area contributed by atoms with E-state index in [0.717, 1.165) is 12.8 Å². The summed E-state index contributed by atoms with van der Waals surface area (Å²) in [6.07, 6.45) is 2.36. The average molecular weight is 295 g/mol. The van der Waals surface area contributed by atoms with Crippen molar-refractivity contribution in [3.05, 3.63) is 35.1 Å². The van der Waals surface area contributed by atoms with Crippen molar-refractivity contribution in [2.45, 2.75) is 39.5 Å². The fourth-order valence-electron chi connectivity index (χ4n) is 2.11. The smallest absolute Gasteiger partial charge is 0.303 e. The molecule has 116 valence electrons. The number of nitrogens with one attached hydrogen (secondary N) is 1. The number of benzene rings is 1. The Morgan fingerprint density at radius 2 is 2.05 bits per heavy atom. The fraction of sp³-hybridized carbons (Fsp3) is 0.500. The maximum absolute atomic E-state index is 13.4. The molecule has 0 heterocycles. The maximum Gasteiger partial charge on any atom is 0.303 e. The standard InChI is InChI=1S/C16H22FNO3/c1-3-12(5-7-15(19)20)8-9-18-16(21)13-6-4-11(2)14(17)10-13/h4,6,10,12H,3,5,7-9H2,1-2H3,(H,18,21)(H,19,20). The van der Waals surface area contributed by atoms with Gasteiger partial charge in [-0.1, -0.05) is 19.4 Å². The Labute approximate surface area is 124 Å². The molecule has 4 nitrogen and oxygen atoms in total. The second-order valence-electron chi connectivity index (χ2n) is 5.22. The van der Waals surface area contributed by atoms with Crippen molar-refractivity contribution < 1.29 is 19.1 Å². The zero-order valence-electron chi connectivity index (χ0n) is 12.5. The minimum Gasteiger partial charge on any atom is -0.481 e. The topological polar surface area (TPSA) is 66.4 Å². The summed E-state index contributed by atoms with van der Waals surface area (Å²) < 4.78 is 13.4. The third-order valence-electron chi connectivity index (χ3n) is 3.62. The summed E-state index contributed by atoms with van der Waals surface area (Å²) in [6.45, 7) is 4.11. The first kappa shape index (κ1) is 17.1. The third kappa shape index (κ3) is 5.94. The normalized spacial score (nSPS) is 12.0. The Morgan fingerprint density at radius 1 is 1.33 bits per heavy atom. The number of carbonyl (C=O) groups is 2. The number of halogens is 1. The van der Waals surface area contributed by atoms with E-state index in [-0.39, 0.29) is 18.2 Å². The zero-order chi connectivity index (χ0) is 15.8. The quantitative estimate of drug-likeness (QED) is 0.774. The van der Waals surface area contributed by atoms with Gasteiger partial charge in [-0.05, 0) is 43.4 Å². The predicted octanol–water partition coefficient (Wildman–Crippen LogP) is 3.15. The predicted molar refractivity (Wildman–Crippen MR) is 78.7 cm³/mol. The molecule has 21 heavy (non-hydrogen) atoms. The van der Waals surface area contributed by atoms with Crippen LogP contribution < -0.4 is 5.32 Å². The molecule has 0 bridgehead atoms. The average Bonchev–Trinajstić information content (AvgIpc) is 2.45. The highest BCUT2D eigenvalue weighted by Gasteiger charge is 2.11. The lowest BCUT2D eigenvalue weighted by atomic mass is 9.96. The first-order valence-corrected chi connectivity index (χ1v) is 7.20. The van der Waals surface area contributed by atoms with Crippen molar-refractivity contribution in [3.8, 4) is 0 Å². The number of hydrogen-bond donors (Lipinski definition) is 2. The van der Waals surface area contributed by atoms with Crippen molar-refractivity contribution in [2.24, 2.45) is 5.92 Å². The van der Waals surface area contributed by atoms with Crippen LogP contribution in [0, 0.1) is 18.7 Å². The Kier molecular flexibility index (Phi) is 6.85. The Hall–Kier alpha value is -1.91. The highest BCUT2D eigenvalue weighted by atomic mass is 19.1. The largest absolute Gasteiger partial charge is 0.481 e. The molecule has 1 aromatic rings. The molecule has 1 amide bonds. The molecule has 0 aliphatic rings. The molecule has 1 rings (SSSR count). The molecule has 0 aliphatic heterocycles. The van der Waals surface area contributed by atoms with Crippen molar-refractivity contribution in [2.75, 3.05) is 6.54 Å². The van der Waals surface area contributed by atoms with Gasteiger partial charge in [0.05, 0.1) is 0 Å². The van der Waals surface area contributed by atoms with Crippen molar-refractivity contribution in [1.82, 2.24) is 5.32 Å². The van der Waals surface area contributed by atoms with Crippen LogP contribution in [0.4, 0.5) is 4.39 Å². The van der Waals surface area contributed by atoms with E-state index in [4.69, 9.17) is 5.11 Å². The Balaban J connectivity index is 2.41. The van der Waals surface area contributed by atoms with Gasteiger partial charge in [-0.2, -0.15) is 0 Å². The van der Waals surface area contributed by atoms with Gasteiger partial charge < -0.3 is 10.4 Å². The third-order valence-corrected chi connectivity index (χ3v) is 3.62. The molecule has 0 saturated carbocycles. The van der Waals surface area contributed by atoms with Crippen molar-refractivity contribution in [1.29, 1.82) is 0 Å². The molecule has 2 N–H and O–H groups in total. The summed E-state index contributed by atoms with van der Waals surface area (Å²) in [7, 11) is 0. The molecular weight excluding hydrogens is 273 g/mol. The molecular formula is C16H22FNO3. The number of carboxylic acids is 1. The van der Waals surface area contributed by atoms with Crippen LogP contribution in [0.3, 0.4) is 0 Å². The summed E-state index contributed by atoms with van der Waals surface area (Å²) in [5.41, 5.74) is 0.808. The van der Waals surface area contributed by atoms with Crippen LogP contribution in [0.25, 0.3) is 0 Å². The first-order chi connectivity index (χ1) is 9.93. The summed E-state index contributed by atoms with van der Waals surface area (Å²) in [4.78, 5) is 22.4. The molecule has 0 saturated heterocycles. The number of aliphatic carboxylic acids is 1. The van der Waals surface area contributed by atoms with Crippen LogP contribution in [0.2, 0.25) is 0 Å². The number of hydrogen-bond acceptors (Lipinski definition) is 2. The lowest BCUT2D eigenvalue weighted by molar-refractivity contribution is -0.137. The number of amides is 1. The highest BCUT2D eigenvalue weighted by molar-refractivity contribution is 5.94. The van der Waals surface area contributed by atoms with Gasteiger partial charge in [-0.25, -0.2) is 4.39 Å². The summed E-state index contributed by atoms with van der Waals surface area (Å²) in [6, 6.07) is 4.40. The van der Waals surface area contributed by atoms with Crippen LogP contribution in [0.1, 0.15) is 48.5 Å². The number of carbonyl (C=O) groups excluding carboxylic acids is 1. The maximum atomic E-state index is 13.4. The van der Waals surface area contributed by atoms with E-state index < -0.39 is 11.8 Å². The summed E-state index contributed by atoms with van der Waals surface area (Å²) >= 11 is 0. The lowest BCUT2D eigenvalue weighted by Gasteiger charge is -2.14. The Bertz CT molecular complexity index is 502. The van der Waals surface area contributed by atoms with E-state index in [1.807, 2.05) is 6.92 Å². The number of aryl methyl sites for hydroxylation is 1. The van der Waals surface area contributed by atoms with Crippen molar-refractivity contribution in [3.63, 3.8) is 0 Å². The van der Waals surface area contributed by atoms with Crippen LogP contribution in [0.5, 0.6) is 0 Å². The lowest BCUT2D eigenvalue weighted by Crippen LogP contribution is -2.26. The molecule has 1 unspecified atom stereocenters. The zero-order valence-corrected chi connectivity index (χ0v) is 12.5. The molecule has 1 atom stereocenters. The molecule has 0 fully saturated rings. The van der Waals surface area contributed by atoms with Crippen molar-refractivity contribution >= 4 is 11.9 Å². The van der Waals surface area contributed by atoms with Gasteiger partial charge in [0.25, 0.3) is 5.91 Å².